The summed E-state index contributed by atoms with van der Waals surface area (Å²) in [6.45, 7) is 6.36. The summed E-state index contributed by atoms with van der Waals surface area (Å²) in [4.78, 5) is 39.5. The van der Waals surface area contributed by atoms with Gasteiger partial charge in [0.05, 0.1) is 24.4 Å². The van der Waals surface area contributed by atoms with Gasteiger partial charge < -0.3 is 19.6 Å². The highest BCUT2D eigenvalue weighted by molar-refractivity contribution is 6.05. The molecule has 2 aromatic rings. The fraction of sp³-hybridized carbons (Fsp3) is 0.429. The number of hydrogen-bond donors (Lipinski definition) is 2. The first-order valence-electron chi connectivity index (χ1n) is 10.3. The number of anilines is 4. The van der Waals surface area contributed by atoms with E-state index in [-0.39, 0.29) is 11.7 Å². The molecule has 162 valence electrons. The number of carboxylic acids is 1. The highest BCUT2D eigenvalue weighted by atomic mass is 16.5. The molecule has 3 aliphatic heterocycles. The Morgan fingerprint density at radius 3 is 2.74 bits per heavy atom. The lowest BCUT2D eigenvalue weighted by Gasteiger charge is -2.42. The summed E-state index contributed by atoms with van der Waals surface area (Å²) in [5, 5.41) is 12.3. The zero-order valence-electron chi connectivity index (χ0n) is 17.2. The van der Waals surface area contributed by atoms with Crippen molar-refractivity contribution in [3.63, 3.8) is 0 Å². The molecule has 5 heterocycles. The van der Waals surface area contributed by atoms with Crippen LogP contribution < -0.4 is 20.0 Å². The van der Waals surface area contributed by atoms with Gasteiger partial charge in [-0.3, -0.25) is 10.2 Å². The van der Waals surface area contributed by atoms with Crippen molar-refractivity contribution in [2.45, 2.75) is 18.9 Å². The number of rotatable bonds is 3. The topological polar surface area (TPSA) is 111 Å². The number of ether oxygens (including phenoxy) is 1. The summed E-state index contributed by atoms with van der Waals surface area (Å²) < 4.78 is 5.41. The molecule has 10 heteroatoms. The molecule has 2 N–H and O–H groups in total. The van der Waals surface area contributed by atoms with E-state index in [1.807, 2.05) is 19.1 Å². The van der Waals surface area contributed by atoms with Gasteiger partial charge in [-0.25, -0.2) is 19.6 Å². The third-order valence-corrected chi connectivity index (χ3v) is 6.18. The normalized spacial score (nSPS) is 22.3. The van der Waals surface area contributed by atoms with Crippen LogP contribution in [0.15, 0.2) is 30.5 Å². The lowest BCUT2D eigenvalue weighted by Crippen LogP contribution is -2.56. The van der Waals surface area contributed by atoms with E-state index in [9.17, 15) is 14.7 Å². The average Bonchev–Trinajstić information content (AvgIpc) is 3.11. The van der Waals surface area contributed by atoms with Gasteiger partial charge in [-0.05, 0) is 31.5 Å². The van der Waals surface area contributed by atoms with E-state index >= 15 is 0 Å². The number of carboxylic acid groups (broad SMARTS) is 1. The fourth-order valence-electron chi connectivity index (χ4n) is 4.57. The second-order valence-electron chi connectivity index (χ2n) is 8.28. The second-order valence-corrected chi connectivity index (χ2v) is 8.28. The Morgan fingerprint density at radius 1 is 1.16 bits per heavy atom. The highest BCUT2D eigenvalue weighted by Crippen LogP contribution is 2.44. The Balaban J connectivity index is 1.45. The van der Waals surface area contributed by atoms with E-state index < -0.39 is 11.5 Å². The van der Waals surface area contributed by atoms with Crippen molar-refractivity contribution in [1.82, 2.24) is 9.97 Å². The third kappa shape index (κ3) is 3.42. The summed E-state index contributed by atoms with van der Waals surface area (Å²) in [6.07, 6.45) is 2.44. The van der Waals surface area contributed by atoms with Crippen LogP contribution in [-0.4, -0.2) is 72.0 Å². The number of aromatic nitrogens is 2. The second kappa shape index (κ2) is 7.38. The third-order valence-electron chi connectivity index (χ3n) is 6.18. The maximum atomic E-state index is 13.4. The van der Waals surface area contributed by atoms with Gasteiger partial charge in [-0.15, -0.1) is 0 Å². The number of carbonyl (C=O) groups is 2. The predicted molar refractivity (Wildman–Crippen MR) is 115 cm³/mol. The van der Waals surface area contributed by atoms with Crippen molar-refractivity contribution in [2.24, 2.45) is 0 Å². The number of amides is 2. The van der Waals surface area contributed by atoms with E-state index in [0.29, 0.717) is 31.4 Å². The minimum atomic E-state index is -1.12. The molecule has 1 atom stereocenters. The molecule has 31 heavy (non-hydrogen) atoms. The van der Waals surface area contributed by atoms with E-state index in [1.54, 1.807) is 17.2 Å². The van der Waals surface area contributed by atoms with Gasteiger partial charge >= 0.3 is 12.0 Å². The monoisotopic (exact) mass is 424 g/mol. The van der Waals surface area contributed by atoms with Crippen molar-refractivity contribution in [1.29, 1.82) is 0 Å². The number of morpholine rings is 1. The zero-order chi connectivity index (χ0) is 21.6. The number of pyridine rings is 2. The average molecular weight is 424 g/mol. The minimum absolute atomic E-state index is 0.0879. The number of carbonyl (C=O) groups excluding carboxylic acids is 1. The first-order chi connectivity index (χ1) is 14.9. The molecule has 0 radical (unpaired) electrons. The van der Waals surface area contributed by atoms with Gasteiger partial charge in [0, 0.05) is 44.1 Å². The van der Waals surface area contributed by atoms with Crippen molar-refractivity contribution in [3.8, 4) is 0 Å². The van der Waals surface area contributed by atoms with Gasteiger partial charge in [0.2, 0.25) is 0 Å². The number of aromatic carboxylic acids is 1. The summed E-state index contributed by atoms with van der Waals surface area (Å²) in [6, 6.07) is 6.60. The van der Waals surface area contributed by atoms with Gasteiger partial charge in [-0.1, -0.05) is 0 Å². The van der Waals surface area contributed by atoms with E-state index in [2.05, 4.69) is 25.1 Å². The van der Waals surface area contributed by atoms with E-state index in [1.165, 1.54) is 6.07 Å². The summed E-state index contributed by atoms with van der Waals surface area (Å²) in [7, 11) is 0. The van der Waals surface area contributed by atoms with Gasteiger partial charge in [-0.2, -0.15) is 0 Å². The van der Waals surface area contributed by atoms with Gasteiger partial charge in [0.15, 0.2) is 11.5 Å². The number of urea groups is 1. The molecule has 2 fully saturated rings. The van der Waals surface area contributed by atoms with Crippen LogP contribution in [0, 0.1) is 0 Å². The maximum absolute atomic E-state index is 13.4. The molecule has 0 aromatic carbocycles. The lowest BCUT2D eigenvalue weighted by atomic mass is 9.97. The smallest absolute Gasteiger partial charge is 0.354 e. The summed E-state index contributed by atoms with van der Waals surface area (Å²) in [5.41, 5.74) is 1.17. The molecule has 2 aromatic heterocycles. The molecule has 3 aliphatic rings. The molecule has 2 amide bonds. The lowest BCUT2D eigenvalue weighted by molar-refractivity contribution is 0.0690. The van der Waals surface area contributed by atoms with Gasteiger partial charge in [0.25, 0.3) is 0 Å². The van der Waals surface area contributed by atoms with Crippen molar-refractivity contribution in [3.05, 3.63) is 36.2 Å². The van der Waals surface area contributed by atoms with Crippen LogP contribution in [0.4, 0.5) is 27.8 Å². The Kier molecular flexibility index (Phi) is 4.66. The minimum Gasteiger partial charge on any atom is -0.477 e. The van der Waals surface area contributed by atoms with Crippen LogP contribution in [0.2, 0.25) is 0 Å². The molecule has 0 saturated carbocycles. The maximum Gasteiger partial charge on any atom is 0.354 e. The van der Waals surface area contributed by atoms with E-state index in [4.69, 9.17) is 4.74 Å². The molecule has 5 rings (SSSR count). The number of nitrogens with zero attached hydrogens (tertiary/aromatic N) is 5. The molecule has 2 bridgehead atoms. The molecular weight excluding hydrogens is 400 g/mol. The highest BCUT2D eigenvalue weighted by Gasteiger charge is 2.49. The molecule has 10 nitrogen and oxygen atoms in total. The standard InChI is InChI=1S/C21H24N6O4/c1-21-5-7-26(13-21)16-3-2-15(19(28)29)23-18(16)27(21)20(30)24-17-12-14(4-6-22-17)25-8-10-31-11-9-25/h2-4,6,12H,5,7-11,13H2,1H3,(H,28,29)(H,22,24,30)/t21-/m1/s1. The predicted octanol–water partition coefficient (Wildman–Crippen LogP) is 2.03. The van der Waals surface area contributed by atoms with Crippen molar-refractivity contribution in [2.75, 3.05) is 59.4 Å². The van der Waals surface area contributed by atoms with E-state index in [0.717, 1.165) is 37.4 Å². The van der Waals surface area contributed by atoms with Crippen LogP contribution in [0.3, 0.4) is 0 Å². The van der Waals surface area contributed by atoms with Gasteiger partial charge in [0.1, 0.15) is 5.82 Å². The van der Waals surface area contributed by atoms with Crippen LogP contribution in [0.5, 0.6) is 0 Å². The molecular formula is C21H24N6O4. The molecule has 0 spiro atoms. The summed E-state index contributed by atoms with van der Waals surface area (Å²) >= 11 is 0. The molecule has 0 aliphatic carbocycles. The molecule has 2 saturated heterocycles. The van der Waals surface area contributed by atoms with Crippen molar-refractivity contribution < 1.29 is 19.4 Å². The Hall–Kier alpha value is -3.40. The van der Waals surface area contributed by atoms with Crippen LogP contribution in [-0.2, 0) is 4.74 Å². The number of hydrogen-bond acceptors (Lipinski definition) is 7. The Bertz CT molecular complexity index is 1040. The first kappa shape index (κ1) is 19.6. The fourth-order valence-corrected chi connectivity index (χ4v) is 4.57. The van der Waals surface area contributed by atoms with Crippen LogP contribution >= 0.6 is 0 Å². The first-order valence-corrected chi connectivity index (χ1v) is 10.3. The Labute approximate surface area is 179 Å². The largest absolute Gasteiger partial charge is 0.477 e. The quantitative estimate of drug-likeness (QED) is 0.770. The number of nitrogens with one attached hydrogen (secondary N) is 1. The number of fused-ring (bicyclic) bond motifs is 4. The summed E-state index contributed by atoms with van der Waals surface area (Å²) in [5.74, 6) is -0.317. The van der Waals surface area contributed by atoms with Crippen LogP contribution in [0.1, 0.15) is 23.8 Å². The van der Waals surface area contributed by atoms with Crippen LogP contribution in [0.25, 0.3) is 0 Å². The SMILES string of the molecule is C[C@@]12CCN(C1)c1ccc(C(=O)O)nc1N2C(=O)Nc1cc(N2CCOCC2)ccn1. The molecule has 0 unspecified atom stereocenters. The zero-order valence-corrected chi connectivity index (χ0v) is 17.2. The Morgan fingerprint density at radius 2 is 1.97 bits per heavy atom. The van der Waals surface area contributed by atoms with Crippen molar-refractivity contribution >= 4 is 35.0 Å².